The maximum Gasteiger partial charge on any atom is 0.244 e. The molecule has 0 bridgehead atoms. The van der Waals surface area contributed by atoms with E-state index < -0.39 is 20.0 Å². The molecule has 2 aliphatic heterocycles. The first-order chi connectivity index (χ1) is 30.7. The predicted molar refractivity (Wildman–Crippen MR) is 262 cm³/mol. The van der Waals surface area contributed by atoms with E-state index in [1.807, 2.05) is 47.2 Å². The van der Waals surface area contributed by atoms with E-state index in [0.29, 0.717) is 69.6 Å². The van der Waals surface area contributed by atoms with Gasteiger partial charge in [-0.25, -0.2) is 26.8 Å². The van der Waals surface area contributed by atoms with Crippen molar-refractivity contribution in [2.24, 2.45) is 0 Å². The van der Waals surface area contributed by atoms with E-state index in [1.54, 1.807) is 52.7 Å². The third-order valence-electron chi connectivity index (χ3n) is 10.4. The Kier molecular flexibility index (Phi) is 15.7. The lowest BCUT2D eigenvalue weighted by molar-refractivity contribution is 0.355. The van der Waals surface area contributed by atoms with Gasteiger partial charge in [-0.05, 0) is 72.8 Å². The molecule has 2 fully saturated rings. The fourth-order valence-electron chi connectivity index (χ4n) is 6.97. The highest BCUT2D eigenvalue weighted by molar-refractivity contribution is 9.10. The third-order valence-corrected chi connectivity index (χ3v) is 17.9. The van der Waals surface area contributed by atoms with Gasteiger partial charge in [0.2, 0.25) is 20.0 Å². The summed E-state index contributed by atoms with van der Waals surface area (Å²) in [4.78, 5) is 14.0. The average Bonchev–Trinajstić information content (AvgIpc) is 4.00. The van der Waals surface area contributed by atoms with Crippen LogP contribution in [0.25, 0.3) is 22.5 Å². The molecule has 0 radical (unpaired) electrons. The molecule has 2 aromatic heterocycles. The number of nitrogens with zero attached hydrogens (tertiary/aromatic N) is 6. The molecule has 4 aromatic carbocycles. The Balaban J connectivity index is 0.000000191. The number of methoxy groups -OCH3 is 4. The quantitative estimate of drug-likeness (QED) is 0.115. The van der Waals surface area contributed by atoms with Crippen LogP contribution in [0.4, 0.5) is 10.3 Å². The molecule has 8 rings (SSSR count). The molecular formula is C42H42Br2Cl2N6O8S4. The molecular weight excluding hydrogens is 1080 g/mol. The monoisotopic (exact) mass is 1110 g/mol. The zero-order chi connectivity index (χ0) is 45.8. The first-order valence-corrected chi connectivity index (χ1v) is 26.4. The topological polar surface area (TPSA) is 144 Å². The number of halogens is 4. The highest BCUT2D eigenvalue weighted by Crippen LogP contribution is 2.38. The van der Waals surface area contributed by atoms with Crippen LogP contribution in [0.2, 0.25) is 10.0 Å². The molecule has 2 aliphatic rings. The number of hydrogen-bond donors (Lipinski definition) is 0. The normalized spacial score (nSPS) is 15.1. The van der Waals surface area contributed by atoms with E-state index in [4.69, 9.17) is 52.1 Å². The smallest absolute Gasteiger partial charge is 0.244 e. The molecule has 0 N–H and O–H groups in total. The van der Waals surface area contributed by atoms with Crippen molar-refractivity contribution in [1.29, 1.82) is 0 Å². The molecule has 22 heteroatoms. The Morgan fingerprint density at radius 2 is 1.02 bits per heavy atom. The molecule has 0 amide bonds. The molecule has 340 valence electrons. The van der Waals surface area contributed by atoms with E-state index in [1.165, 1.54) is 43.4 Å². The number of ether oxygens (including phenoxy) is 4. The van der Waals surface area contributed by atoms with Crippen LogP contribution in [0.3, 0.4) is 0 Å². The highest BCUT2D eigenvalue weighted by Gasteiger charge is 2.33. The van der Waals surface area contributed by atoms with Crippen molar-refractivity contribution in [2.75, 3.05) is 90.6 Å². The summed E-state index contributed by atoms with van der Waals surface area (Å²) in [7, 11) is -0.880. The van der Waals surface area contributed by atoms with Crippen LogP contribution in [-0.4, -0.2) is 116 Å². The zero-order valence-electron chi connectivity index (χ0n) is 34.8. The second-order valence-electron chi connectivity index (χ2n) is 14.1. The maximum absolute atomic E-state index is 13.1. The minimum Gasteiger partial charge on any atom is -0.497 e. The number of hydrogen-bond acceptors (Lipinski definition) is 14. The summed E-state index contributed by atoms with van der Waals surface area (Å²) in [5.74, 6) is 2.74. The van der Waals surface area contributed by atoms with Gasteiger partial charge >= 0.3 is 0 Å². The molecule has 2 saturated heterocycles. The average molecular weight is 1120 g/mol. The highest BCUT2D eigenvalue weighted by atomic mass is 79.9. The Morgan fingerprint density at radius 3 is 1.48 bits per heavy atom. The summed E-state index contributed by atoms with van der Waals surface area (Å²) in [6, 6.07) is 20.9. The molecule has 0 unspecified atom stereocenters. The minimum absolute atomic E-state index is 0.123. The Labute approximate surface area is 407 Å². The SMILES string of the molecule is COc1ccc(-c2csc(N3CCN(S(=O)(=O)c4ccc(Br)cc4Cl)CC3)n2)cc1OC.COc1ccc(OC)c(-c2csc(N3CCN(S(=O)(=O)c4ccc(Br)cc4Cl)CC3)n2)c1. The van der Waals surface area contributed by atoms with Crippen LogP contribution in [-0.2, 0) is 20.0 Å². The van der Waals surface area contributed by atoms with Crippen molar-refractivity contribution in [1.82, 2.24) is 18.6 Å². The van der Waals surface area contributed by atoms with Gasteiger partial charge in [-0.15, -0.1) is 22.7 Å². The van der Waals surface area contributed by atoms with Gasteiger partial charge in [-0.3, -0.25) is 0 Å². The Morgan fingerprint density at radius 1 is 0.547 bits per heavy atom. The summed E-state index contributed by atoms with van der Waals surface area (Å²) in [5.41, 5.74) is 3.40. The van der Waals surface area contributed by atoms with Gasteiger partial charge in [0, 0.05) is 83.2 Å². The van der Waals surface area contributed by atoms with Crippen molar-refractivity contribution >= 4 is 108 Å². The van der Waals surface area contributed by atoms with Gasteiger partial charge in [0.25, 0.3) is 0 Å². The van der Waals surface area contributed by atoms with Crippen LogP contribution in [0, 0.1) is 0 Å². The van der Waals surface area contributed by atoms with Crippen molar-refractivity contribution in [3.8, 4) is 45.5 Å². The second kappa shape index (κ2) is 20.9. The van der Waals surface area contributed by atoms with Gasteiger partial charge in [0.1, 0.15) is 21.3 Å². The van der Waals surface area contributed by atoms with Gasteiger partial charge in [0.15, 0.2) is 21.8 Å². The largest absolute Gasteiger partial charge is 0.497 e. The molecule has 4 heterocycles. The Hall–Kier alpha value is -3.70. The van der Waals surface area contributed by atoms with Crippen LogP contribution in [0.1, 0.15) is 0 Å². The number of thiazole rings is 2. The maximum atomic E-state index is 13.1. The van der Waals surface area contributed by atoms with Gasteiger partial charge in [-0.1, -0.05) is 55.1 Å². The van der Waals surface area contributed by atoms with Gasteiger partial charge < -0.3 is 28.7 Å². The Bertz CT molecular complexity index is 2840. The number of benzene rings is 4. The summed E-state index contributed by atoms with van der Waals surface area (Å²) in [5, 5.41) is 6.07. The van der Waals surface area contributed by atoms with Crippen LogP contribution < -0.4 is 28.7 Å². The summed E-state index contributed by atoms with van der Waals surface area (Å²) in [6.07, 6.45) is 0. The first kappa shape index (κ1) is 48.2. The van der Waals surface area contributed by atoms with E-state index >= 15 is 0 Å². The third kappa shape index (κ3) is 10.6. The van der Waals surface area contributed by atoms with Crippen LogP contribution in [0.15, 0.2) is 102 Å². The fraction of sp³-hybridized carbons (Fsp3) is 0.286. The van der Waals surface area contributed by atoms with Crippen LogP contribution >= 0.6 is 77.7 Å². The van der Waals surface area contributed by atoms with E-state index in [0.717, 1.165) is 47.5 Å². The lowest BCUT2D eigenvalue weighted by Gasteiger charge is -2.33. The lowest BCUT2D eigenvalue weighted by Crippen LogP contribution is -2.48. The lowest BCUT2D eigenvalue weighted by atomic mass is 10.1. The van der Waals surface area contributed by atoms with E-state index in [-0.39, 0.29) is 19.8 Å². The van der Waals surface area contributed by atoms with Crippen molar-refractivity contribution in [3.63, 3.8) is 0 Å². The standard InChI is InChI=1S/2C21H21BrClN3O4S2/c1-29-15-4-5-19(30-2)16(12-15)18-13-31-21(24-18)25-7-9-26(10-8-25)32(27,28)20-6-3-14(22)11-17(20)23;1-29-18-5-3-14(11-19(18)30-2)17-13-31-21(24-17)25-7-9-26(10-8-25)32(27,28)20-6-4-15(22)12-16(20)23/h2*3-6,11-13H,7-10H2,1-2H3. The van der Waals surface area contributed by atoms with Gasteiger partial charge in [-0.2, -0.15) is 8.61 Å². The molecule has 0 aliphatic carbocycles. The predicted octanol–water partition coefficient (Wildman–Crippen LogP) is 9.51. The van der Waals surface area contributed by atoms with Crippen molar-refractivity contribution in [2.45, 2.75) is 9.79 Å². The molecule has 0 saturated carbocycles. The molecule has 0 atom stereocenters. The second-order valence-corrected chi connectivity index (χ2v) is 22.2. The summed E-state index contributed by atoms with van der Waals surface area (Å²) < 4.78 is 78.1. The number of rotatable bonds is 12. The molecule has 6 aromatic rings. The van der Waals surface area contributed by atoms with Gasteiger partial charge in [0.05, 0.1) is 49.9 Å². The van der Waals surface area contributed by atoms with Crippen molar-refractivity contribution < 1.29 is 35.8 Å². The number of sulfonamides is 2. The minimum atomic E-state index is -3.66. The van der Waals surface area contributed by atoms with E-state index in [2.05, 4.69) is 41.7 Å². The fourth-order valence-corrected chi connectivity index (χ4v) is 13.6. The molecule has 0 spiro atoms. The molecule has 14 nitrogen and oxygen atoms in total. The zero-order valence-corrected chi connectivity index (χ0v) is 42.8. The number of anilines is 2. The molecule has 64 heavy (non-hydrogen) atoms. The van der Waals surface area contributed by atoms with Crippen molar-refractivity contribution in [3.05, 3.63) is 103 Å². The summed E-state index contributed by atoms with van der Waals surface area (Å²) >= 11 is 22.0. The number of aromatic nitrogens is 2. The first-order valence-electron chi connectivity index (χ1n) is 19.4. The van der Waals surface area contributed by atoms with E-state index in [9.17, 15) is 16.8 Å². The summed E-state index contributed by atoms with van der Waals surface area (Å²) in [6.45, 7) is 3.60. The number of piperazine rings is 2. The van der Waals surface area contributed by atoms with Crippen LogP contribution in [0.5, 0.6) is 23.0 Å².